The van der Waals surface area contributed by atoms with Gasteiger partial charge in [-0.25, -0.2) is 9.97 Å². The third-order valence-corrected chi connectivity index (χ3v) is 4.38. The Labute approximate surface area is 148 Å². The molecule has 1 aliphatic heterocycles. The molecule has 0 aromatic carbocycles. The highest BCUT2D eigenvalue weighted by atomic mass is 16.2. The van der Waals surface area contributed by atoms with Crippen molar-refractivity contribution in [2.75, 3.05) is 44.6 Å². The molecule has 3 heterocycles. The molecule has 7 nitrogen and oxygen atoms in total. The Morgan fingerprint density at radius 1 is 1.04 bits per heavy atom. The number of nitrogens with zero attached hydrogens (tertiary/aromatic N) is 5. The first kappa shape index (κ1) is 17.3. The standard InChI is InChI=1S/C18H24N6O/c25-17(4-10-22-18-20-6-1-7-21-18)24-14-12-23(13-15-24)11-5-16-2-8-19-9-3-16/h1-3,6-9H,4-5,10-15H2,(H,20,21,22). The van der Waals surface area contributed by atoms with E-state index in [2.05, 4.69) is 37.3 Å². The monoisotopic (exact) mass is 340 g/mol. The number of rotatable bonds is 7. The maximum absolute atomic E-state index is 12.3. The molecule has 0 radical (unpaired) electrons. The fourth-order valence-electron chi connectivity index (χ4n) is 2.89. The van der Waals surface area contributed by atoms with E-state index in [4.69, 9.17) is 0 Å². The second-order valence-electron chi connectivity index (χ2n) is 6.08. The average molecular weight is 340 g/mol. The van der Waals surface area contributed by atoms with E-state index < -0.39 is 0 Å². The van der Waals surface area contributed by atoms with Crippen LogP contribution in [-0.4, -0.2) is 69.9 Å². The molecule has 0 atom stereocenters. The second kappa shape index (κ2) is 9.08. The van der Waals surface area contributed by atoms with Gasteiger partial charge in [-0.1, -0.05) is 0 Å². The van der Waals surface area contributed by atoms with E-state index in [-0.39, 0.29) is 5.91 Å². The van der Waals surface area contributed by atoms with Crippen molar-refractivity contribution in [2.24, 2.45) is 0 Å². The summed E-state index contributed by atoms with van der Waals surface area (Å²) in [5.74, 6) is 0.758. The fraction of sp³-hybridized carbons (Fsp3) is 0.444. The summed E-state index contributed by atoms with van der Waals surface area (Å²) < 4.78 is 0. The molecule has 1 N–H and O–H groups in total. The SMILES string of the molecule is O=C(CCNc1ncccn1)N1CCN(CCc2ccncc2)CC1. The number of carbonyl (C=O) groups excluding carboxylic acids is 1. The molecule has 3 rings (SSSR count). The Kier molecular flexibility index (Phi) is 6.28. The molecule has 7 heteroatoms. The van der Waals surface area contributed by atoms with E-state index in [1.165, 1.54) is 5.56 Å². The molecule has 1 fully saturated rings. The molecule has 132 valence electrons. The van der Waals surface area contributed by atoms with Crippen LogP contribution in [-0.2, 0) is 11.2 Å². The van der Waals surface area contributed by atoms with Gasteiger partial charge in [0.15, 0.2) is 0 Å². The number of hydrogen-bond donors (Lipinski definition) is 1. The van der Waals surface area contributed by atoms with E-state index in [1.807, 2.05) is 17.3 Å². The quantitative estimate of drug-likeness (QED) is 0.812. The number of anilines is 1. The van der Waals surface area contributed by atoms with Crippen molar-refractivity contribution < 1.29 is 4.79 Å². The molecule has 0 unspecified atom stereocenters. The maximum Gasteiger partial charge on any atom is 0.224 e. The summed E-state index contributed by atoms with van der Waals surface area (Å²) in [7, 11) is 0. The lowest BCUT2D eigenvalue weighted by Gasteiger charge is -2.34. The van der Waals surface area contributed by atoms with Crippen molar-refractivity contribution in [3.63, 3.8) is 0 Å². The van der Waals surface area contributed by atoms with Crippen molar-refractivity contribution in [2.45, 2.75) is 12.8 Å². The minimum Gasteiger partial charge on any atom is -0.354 e. The van der Waals surface area contributed by atoms with Gasteiger partial charge in [-0.05, 0) is 30.2 Å². The number of hydrogen-bond acceptors (Lipinski definition) is 6. The molecule has 0 spiro atoms. The summed E-state index contributed by atoms with van der Waals surface area (Å²) in [6, 6.07) is 5.89. The molecule has 1 amide bonds. The predicted octanol–water partition coefficient (Wildman–Crippen LogP) is 1.06. The lowest BCUT2D eigenvalue weighted by Crippen LogP contribution is -2.49. The van der Waals surface area contributed by atoms with Crippen LogP contribution in [0.1, 0.15) is 12.0 Å². The number of piperazine rings is 1. The van der Waals surface area contributed by atoms with Crippen molar-refractivity contribution in [1.82, 2.24) is 24.8 Å². The molecule has 1 saturated heterocycles. The maximum atomic E-state index is 12.3. The normalized spacial score (nSPS) is 15.1. The van der Waals surface area contributed by atoms with Gasteiger partial charge in [-0.2, -0.15) is 0 Å². The third-order valence-electron chi connectivity index (χ3n) is 4.38. The van der Waals surface area contributed by atoms with Gasteiger partial charge in [0.25, 0.3) is 0 Å². The van der Waals surface area contributed by atoms with E-state index in [9.17, 15) is 4.79 Å². The van der Waals surface area contributed by atoms with Crippen molar-refractivity contribution in [3.05, 3.63) is 48.5 Å². The molecule has 2 aromatic rings. The summed E-state index contributed by atoms with van der Waals surface area (Å²) in [5.41, 5.74) is 1.31. The summed E-state index contributed by atoms with van der Waals surface area (Å²) in [5, 5.41) is 3.08. The van der Waals surface area contributed by atoms with Crippen LogP contribution in [0, 0.1) is 0 Å². The van der Waals surface area contributed by atoms with Gasteiger partial charge < -0.3 is 10.2 Å². The minimum atomic E-state index is 0.192. The molecule has 0 bridgehead atoms. The first-order valence-electron chi connectivity index (χ1n) is 8.71. The topological polar surface area (TPSA) is 74.2 Å². The van der Waals surface area contributed by atoms with E-state index in [0.29, 0.717) is 18.9 Å². The molecular formula is C18H24N6O. The predicted molar refractivity (Wildman–Crippen MR) is 96.1 cm³/mol. The molecule has 25 heavy (non-hydrogen) atoms. The van der Waals surface area contributed by atoms with Crippen LogP contribution in [0.5, 0.6) is 0 Å². The van der Waals surface area contributed by atoms with Gasteiger partial charge in [0.1, 0.15) is 0 Å². The molecule has 1 aliphatic rings. The average Bonchev–Trinajstić information content (AvgIpc) is 2.68. The highest BCUT2D eigenvalue weighted by Gasteiger charge is 2.20. The Bertz CT molecular complexity index is 643. The third kappa shape index (κ3) is 5.49. The lowest BCUT2D eigenvalue weighted by molar-refractivity contribution is -0.132. The number of amides is 1. The van der Waals surface area contributed by atoms with Crippen molar-refractivity contribution >= 4 is 11.9 Å². The van der Waals surface area contributed by atoms with Gasteiger partial charge in [-0.15, -0.1) is 0 Å². The fourth-order valence-corrected chi connectivity index (χ4v) is 2.89. The second-order valence-corrected chi connectivity index (χ2v) is 6.08. The van der Waals surface area contributed by atoms with E-state index >= 15 is 0 Å². The van der Waals surface area contributed by atoms with E-state index in [0.717, 1.165) is 39.1 Å². The van der Waals surface area contributed by atoms with E-state index in [1.54, 1.807) is 18.5 Å². The van der Waals surface area contributed by atoms with Crippen LogP contribution in [0.2, 0.25) is 0 Å². The first-order chi connectivity index (χ1) is 12.3. The summed E-state index contributed by atoms with van der Waals surface area (Å²) in [6.07, 6.45) is 8.53. The minimum absolute atomic E-state index is 0.192. The van der Waals surface area contributed by atoms with Crippen molar-refractivity contribution in [3.8, 4) is 0 Å². The highest BCUT2D eigenvalue weighted by Crippen LogP contribution is 2.06. The zero-order valence-corrected chi connectivity index (χ0v) is 14.3. The summed E-state index contributed by atoms with van der Waals surface area (Å²) in [4.78, 5) is 28.9. The molecule has 0 aliphatic carbocycles. The Morgan fingerprint density at radius 2 is 1.76 bits per heavy atom. The zero-order chi connectivity index (χ0) is 17.3. The number of carbonyl (C=O) groups is 1. The first-order valence-corrected chi connectivity index (χ1v) is 8.71. The van der Waals surface area contributed by atoms with Crippen LogP contribution in [0.25, 0.3) is 0 Å². The Hall–Kier alpha value is -2.54. The van der Waals surface area contributed by atoms with Gasteiger partial charge in [0.05, 0.1) is 0 Å². The van der Waals surface area contributed by atoms with Crippen molar-refractivity contribution in [1.29, 1.82) is 0 Å². The van der Waals surface area contributed by atoms with Crippen LogP contribution in [0.15, 0.2) is 43.0 Å². The number of pyridine rings is 1. The van der Waals surface area contributed by atoms with Gasteiger partial charge in [-0.3, -0.25) is 14.7 Å². The molecular weight excluding hydrogens is 316 g/mol. The molecule has 0 saturated carbocycles. The summed E-state index contributed by atoms with van der Waals surface area (Å²) in [6.45, 7) is 5.07. The smallest absolute Gasteiger partial charge is 0.224 e. The Morgan fingerprint density at radius 3 is 2.48 bits per heavy atom. The van der Waals surface area contributed by atoms with Crippen LogP contribution in [0.3, 0.4) is 0 Å². The lowest BCUT2D eigenvalue weighted by atomic mass is 10.2. The zero-order valence-electron chi connectivity index (χ0n) is 14.3. The number of aromatic nitrogens is 3. The summed E-state index contributed by atoms with van der Waals surface area (Å²) >= 11 is 0. The van der Waals surface area contributed by atoms with Gasteiger partial charge in [0, 0.05) is 70.5 Å². The van der Waals surface area contributed by atoms with Crippen LogP contribution >= 0.6 is 0 Å². The Balaban J connectivity index is 1.33. The van der Waals surface area contributed by atoms with Crippen LogP contribution < -0.4 is 5.32 Å². The highest BCUT2D eigenvalue weighted by molar-refractivity contribution is 5.76. The largest absolute Gasteiger partial charge is 0.354 e. The van der Waals surface area contributed by atoms with Gasteiger partial charge >= 0.3 is 0 Å². The van der Waals surface area contributed by atoms with Gasteiger partial charge in [0.2, 0.25) is 11.9 Å². The molecule has 2 aromatic heterocycles. The number of nitrogens with one attached hydrogen (secondary N) is 1. The van der Waals surface area contributed by atoms with Crippen LogP contribution in [0.4, 0.5) is 5.95 Å².